The van der Waals surface area contributed by atoms with E-state index in [1.165, 1.54) is 7.11 Å². The van der Waals surface area contributed by atoms with Crippen LogP contribution in [0.1, 0.15) is 0 Å². The quantitative estimate of drug-likeness (QED) is 0.505. The van der Waals surface area contributed by atoms with E-state index < -0.39 is 30.7 Å². The minimum absolute atomic E-state index is 0.446. The molecule has 1 saturated heterocycles. The number of alkyl halides is 1. The molecule has 2 N–H and O–H groups in total. The lowest BCUT2D eigenvalue weighted by molar-refractivity contribution is -0.117. The highest BCUT2D eigenvalue weighted by molar-refractivity contribution is 6.14. The second-order valence-electron chi connectivity index (χ2n) is 2.68. The van der Waals surface area contributed by atoms with Crippen LogP contribution in [0.25, 0.3) is 0 Å². The standard InChI is InChI=1S/C6H10BFO4/c1-11-4-3(2-9)12-6(7,8)5(4)10/h3-5,9-10H,2H2,1H3/t3-,4?,5+,6-/m1/s1. The summed E-state index contributed by atoms with van der Waals surface area (Å²) >= 11 is 0. The average Bonchev–Trinajstić information content (AvgIpc) is 2.24. The fourth-order valence-electron chi connectivity index (χ4n) is 1.22. The van der Waals surface area contributed by atoms with Crippen molar-refractivity contribution in [2.45, 2.75) is 24.1 Å². The van der Waals surface area contributed by atoms with Gasteiger partial charge in [-0.2, -0.15) is 0 Å². The highest BCUT2D eigenvalue weighted by Gasteiger charge is 2.51. The van der Waals surface area contributed by atoms with Crippen molar-refractivity contribution in [2.75, 3.05) is 13.7 Å². The van der Waals surface area contributed by atoms with Gasteiger partial charge in [-0.05, 0) is 0 Å². The Morgan fingerprint density at radius 1 is 1.75 bits per heavy atom. The predicted molar refractivity (Wildman–Crippen MR) is 38.4 cm³/mol. The van der Waals surface area contributed by atoms with E-state index in [9.17, 15) is 4.39 Å². The molecule has 0 saturated carbocycles. The summed E-state index contributed by atoms with van der Waals surface area (Å²) in [4.78, 5) is 0. The van der Waals surface area contributed by atoms with Gasteiger partial charge < -0.3 is 19.7 Å². The van der Waals surface area contributed by atoms with Crippen molar-refractivity contribution in [3.63, 3.8) is 0 Å². The van der Waals surface area contributed by atoms with Gasteiger partial charge >= 0.3 is 0 Å². The molecule has 0 aromatic rings. The van der Waals surface area contributed by atoms with E-state index in [-0.39, 0.29) is 0 Å². The van der Waals surface area contributed by atoms with Gasteiger partial charge in [-0.3, -0.25) is 0 Å². The summed E-state index contributed by atoms with van der Waals surface area (Å²) in [6.07, 6.45) is -3.41. The first kappa shape index (κ1) is 9.92. The van der Waals surface area contributed by atoms with Gasteiger partial charge in [-0.1, -0.05) is 0 Å². The van der Waals surface area contributed by atoms with Gasteiger partial charge in [0.05, 0.1) is 6.61 Å². The van der Waals surface area contributed by atoms with E-state index in [0.29, 0.717) is 0 Å². The molecule has 1 aliphatic heterocycles. The first-order valence-corrected chi connectivity index (χ1v) is 3.50. The largest absolute Gasteiger partial charge is 0.394 e. The summed E-state index contributed by atoms with van der Waals surface area (Å²) in [6.45, 7) is -0.446. The van der Waals surface area contributed by atoms with Crippen molar-refractivity contribution in [1.29, 1.82) is 0 Å². The third-order valence-corrected chi connectivity index (χ3v) is 1.87. The molecule has 68 valence electrons. The minimum atomic E-state index is -2.63. The Kier molecular flexibility index (Phi) is 2.72. The zero-order valence-corrected chi connectivity index (χ0v) is 6.61. The molecular formula is C6H10BFO4. The summed E-state index contributed by atoms with van der Waals surface area (Å²) in [7, 11) is 6.20. The van der Waals surface area contributed by atoms with Crippen LogP contribution in [0.4, 0.5) is 4.39 Å². The van der Waals surface area contributed by atoms with Crippen molar-refractivity contribution in [1.82, 2.24) is 0 Å². The Morgan fingerprint density at radius 2 is 2.33 bits per heavy atom. The summed E-state index contributed by atoms with van der Waals surface area (Å²) in [6, 6.07) is 0. The number of aliphatic hydroxyl groups is 2. The van der Waals surface area contributed by atoms with Crippen LogP contribution in [0.3, 0.4) is 0 Å². The first-order valence-electron chi connectivity index (χ1n) is 3.50. The average molecular weight is 176 g/mol. The molecule has 0 bridgehead atoms. The normalized spacial score (nSPS) is 48.2. The number of halogens is 1. The van der Waals surface area contributed by atoms with Crippen LogP contribution < -0.4 is 0 Å². The Balaban J connectivity index is 2.72. The van der Waals surface area contributed by atoms with E-state index in [0.717, 1.165) is 0 Å². The number of ether oxygens (including phenoxy) is 2. The SMILES string of the molecule is [B][C@]1(F)O[C@H](CO)C(OC)[C@@H]1O. The van der Waals surface area contributed by atoms with Crippen molar-refractivity contribution in [3.05, 3.63) is 0 Å². The molecule has 1 unspecified atom stereocenters. The summed E-state index contributed by atoms with van der Waals surface area (Å²) < 4.78 is 22.2. The minimum Gasteiger partial charge on any atom is -0.394 e. The highest BCUT2D eigenvalue weighted by Crippen LogP contribution is 2.31. The lowest BCUT2D eigenvalue weighted by atomic mass is 9.90. The fraction of sp³-hybridized carbons (Fsp3) is 1.00. The highest BCUT2D eigenvalue weighted by atomic mass is 19.2. The topological polar surface area (TPSA) is 58.9 Å². The lowest BCUT2D eigenvalue weighted by Crippen LogP contribution is -2.40. The maximum atomic E-state index is 13.0. The molecule has 1 heterocycles. The van der Waals surface area contributed by atoms with Gasteiger partial charge in [-0.15, -0.1) is 0 Å². The Morgan fingerprint density at radius 3 is 2.67 bits per heavy atom. The predicted octanol–water partition coefficient (Wildman–Crippen LogP) is -1.45. The molecule has 4 nitrogen and oxygen atoms in total. The van der Waals surface area contributed by atoms with Crippen molar-refractivity contribution >= 4 is 7.85 Å². The molecule has 4 atom stereocenters. The summed E-state index contributed by atoms with van der Waals surface area (Å²) in [5, 5.41) is 17.8. The number of methoxy groups -OCH3 is 1. The Labute approximate surface area is 70.7 Å². The molecule has 6 heteroatoms. The maximum Gasteiger partial charge on any atom is 0.188 e. The molecular weight excluding hydrogens is 166 g/mol. The number of rotatable bonds is 2. The van der Waals surface area contributed by atoms with Gasteiger partial charge in [0.15, 0.2) is 13.6 Å². The number of aliphatic hydroxyl groups excluding tert-OH is 2. The molecule has 0 aromatic carbocycles. The monoisotopic (exact) mass is 176 g/mol. The molecule has 1 aliphatic rings. The van der Waals surface area contributed by atoms with E-state index in [1.54, 1.807) is 0 Å². The van der Waals surface area contributed by atoms with Gasteiger partial charge in [0.1, 0.15) is 18.3 Å². The van der Waals surface area contributed by atoms with E-state index in [1.807, 2.05) is 0 Å². The molecule has 1 fully saturated rings. The second kappa shape index (κ2) is 3.29. The van der Waals surface area contributed by atoms with E-state index in [4.69, 9.17) is 22.8 Å². The van der Waals surface area contributed by atoms with Crippen molar-refractivity contribution in [2.24, 2.45) is 0 Å². The van der Waals surface area contributed by atoms with Gasteiger partial charge in [0.25, 0.3) is 0 Å². The van der Waals surface area contributed by atoms with Crippen LogP contribution in [-0.4, -0.2) is 55.8 Å². The molecule has 12 heavy (non-hydrogen) atoms. The zero-order chi connectivity index (χ0) is 9.35. The lowest BCUT2D eigenvalue weighted by Gasteiger charge is -2.18. The zero-order valence-electron chi connectivity index (χ0n) is 6.61. The van der Waals surface area contributed by atoms with Crippen molar-refractivity contribution < 1.29 is 24.1 Å². The van der Waals surface area contributed by atoms with E-state index in [2.05, 4.69) is 4.74 Å². The number of hydrogen-bond donors (Lipinski definition) is 2. The van der Waals surface area contributed by atoms with Gasteiger partial charge in [0.2, 0.25) is 0 Å². The first-order chi connectivity index (χ1) is 5.53. The molecule has 0 aliphatic carbocycles. The van der Waals surface area contributed by atoms with E-state index >= 15 is 0 Å². The molecule has 0 spiro atoms. The molecule has 0 amide bonds. The summed E-state index contributed by atoms with van der Waals surface area (Å²) in [5.41, 5.74) is 0. The van der Waals surface area contributed by atoms with Crippen LogP contribution in [0, 0.1) is 0 Å². The Hall–Kier alpha value is -0.165. The van der Waals surface area contributed by atoms with Crippen LogP contribution in [0.15, 0.2) is 0 Å². The maximum absolute atomic E-state index is 13.0. The van der Waals surface area contributed by atoms with Crippen LogP contribution in [0.5, 0.6) is 0 Å². The fourth-order valence-corrected chi connectivity index (χ4v) is 1.22. The van der Waals surface area contributed by atoms with Crippen LogP contribution in [-0.2, 0) is 9.47 Å². The summed E-state index contributed by atoms with van der Waals surface area (Å²) in [5.74, 6) is -2.63. The third kappa shape index (κ3) is 1.47. The molecule has 0 aromatic heterocycles. The van der Waals surface area contributed by atoms with Gasteiger partial charge in [-0.25, -0.2) is 4.39 Å². The van der Waals surface area contributed by atoms with Gasteiger partial charge in [0, 0.05) is 7.11 Å². The molecule has 1 rings (SSSR count). The van der Waals surface area contributed by atoms with Crippen LogP contribution in [0.2, 0.25) is 0 Å². The van der Waals surface area contributed by atoms with Crippen LogP contribution >= 0.6 is 0 Å². The second-order valence-corrected chi connectivity index (χ2v) is 2.68. The Bertz CT molecular complexity index is 166. The molecule has 2 radical (unpaired) electrons. The smallest absolute Gasteiger partial charge is 0.188 e. The third-order valence-electron chi connectivity index (χ3n) is 1.87. The van der Waals surface area contributed by atoms with Crippen molar-refractivity contribution in [3.8, 4) is 0 Å². The number of hydrogen-bond acceptors (Lipinski definition) is 4.